The average molecular weight is 328 g/mol. The first kappa shape index (κ1) is 15.7. The number of amides is 1. The van der Waals surface area contributed by atoms with Gasteiger partial charge in [0.05, 0.1) is 23.4 Å². The number of nitrogens with zero attached hydrogens (tertiary/aromatic N) is 3. The van der Waals surface area contributed by atoms with E-state index in [9.17, 15) is 4.79 Å². The topological polar surface area (TPSA) is 47.4 Å². The van der Waals surface area contributed by atoms with Gasteiger partial charge in [0, 0.05) is 38.0 Å². The maximum atomic E-state index is 12.4. The van der Waals surface area contributed by atoms with E-state index >= 15 is 0 Å². The number of halogens is 2. The molecule has 2 rings (SSSR count). The zero-order chi connectivity index (χ0) is 15.6. The van der Waals surface area contributed by atoms with Gasteiger partial charge in [-0.05, 0) is 12.1 Å². The highest BCUT2D eigenvalue weighted by Crippen LogP contribution is 2.34. The second-order valence-electron chi connectivity index (χ2n) is 4.66. The van der Waals surface area contributed by atoms with E-state index in [0.717, 1.165) is 5.56 Å². The molecular weight excluding hydrogens is 313 g/mol. The van der Waals surface area contributed by atoms with Crippen LogP contribution in [0.1, 0.15) is 15.9 Å². The van der Waals surface area contributed by atoms with Gasteiger partial charge in [-0.3, -0.25) is 9.48 Å². The summed E-state index contributed by atoms with van der Waals surface area (Å²) in [4.78, 5) is 14.0. The molecule has 0 aliphatic heterocycles. The number of carbonyl (C=O) groups is 1. The van der Waals surface area contributed by atoms with Crippen LogP contribution in [0.2, 0.25) is 10.0 Å². The van der Waals surface area contributed by atoms with Crippen molar-refractivity contribution in [1.82, 2.24) is 14.7 Å². The van der Waals surface area contributed by atoms with Crippen LogP contribution in [0, 0.1) is 0 Å². The van der Waals surface area contributed by atoms with Crippen LogP contribution in [0.25, 0.3) is 0 Å². The summed E-state index contributed by atoms with van der Waals surface area (Å²) in [6, 6.07) is 3.10. The average Bonchev–Trinajstić information content (AvgIpc) is 2.82. The second kappa shape index (κ2) is 6.37. The largest absolute Gasteiger partial charge is 0.494 e. The number of carbonyl (C=O) groups excluding carboxylic acids is 1. The number of hydrogen-bond donors (Lipinski definition) is 0. The molecule has 2 aromatic rings. The zero-order valence-electron chi connectivity index (χ0n) is 11.9. The lowest BCUT2D eigenvalue weighted by Crippen LogP contribution is -2.26. The van der Waals surface area contributed by atoms with E-state index in [1.54, 1.807) is 35.0 Å². The van der Waals surface area contributed by atoms with Crippen molar-refractivity contribution in [3.63, 3.8) is 0 Å². The molecule has 0 spiro atoms. The molecule has 1 heterocycles. The number of aryl methyl sites for hydroxylation is 1. The monoisotopic (exact) mass is 327 g/mol. The summed E-state index contributed by atoms with van der Waals surface area (Å²) in [5.74, 6) is 0.190. The van der Waals surface area contributed by atoms with Crippen molar-refractivity contribution in [2.75, 3.05) is 14.2 Å². The lowest BCUT2D eigenvalue weighted by atomic mass is 10.2. The van der Waals surface area contributed by atoms with Crippen LogP contribution in [0.15, 0.2) is 24.5 Å². The highest BCUT2D eigenvalue weighted by atomic mass is 35.5. The van der Waals surface area contributed by atoms with E-state index in [2.05, 4.69) is 5.10 Å². The van der Waals surface area contributed by atoms with E-state index in [-0.39, 0.29) is 5.91 Å². The first-order chi connectivity index (χ1) is 9.92. The Morgan fingerprint density at radius 1 is 1.38 bits per heavy atom. The molecule has 0 aliphatic rings. The quantitative estimate of drug-likeness (QED) is 0.867. The van der Waals surface area contributed by atoms with Crippen molar-refractivity contribution < 1.29 is 9.53 Å². The molecule has 5 nitrogen and oxygen atoms in total. The van der Waals surface area contributed by atoms with Gasteiger partial charge in [0.2, 0.25) is 0 Å². The SMILES string of the molecule is COc1c(Cl)cc(C(=O)N(C)Cc2cnn(C)c2)cc1Cl. The van der Waals surface area contributed by atoms with Gasteiger partial charge in [0.15, 0.2) is 5.75 Å². The number of methoxy groups -OCH3 is 1. The van der Waals surface area contributed by atoms with Crippen LogP contribution < -0.4 is 4.74 Å². The van der Waals surface area contributed by atoms with Crippen molar-refractivity contribution in [3.05, 3.63) is 45.7 Å². The number of benzene rings is 1. The Morgan fingerprint density at radius 3 is 2.48 bits per heavy atom. The summed E-state index contributed by atoms with van der Waals surface area (Å²) < 4.78 is 6.76. The van der Waals surface area contributed by atoms with Crippen LogP contribution >= 0.6 is 23.2 Å². The summed E-state index contributed by atoms with van der Waals surface area (Å²) >= 11 is 12.1. The fraction of sp³-hybridized carbons (Fsp3) is 0.286. The van der Waals surface area contributed by atoms with E-state index in [1.807, 2.05) is 13.2 Å². The van der Waals surface area contributed by atoms with E-state index in [4.69, 9.17) is 27.9 Å². The minimum Gasteiger partial charge on any atom is -0.494 e. The van der Waals surface area contributed by atoms with Crippen LogP contribution in [0.5, 0.6) is 5.75 Å². The molecule has 21 heavy (non-hydrogen) atoms. The van der Waals surface area contributed by atoms with Crippen molar-refractivity contribution in [1.29, 1.82) is 0 Å². The van der Waals surface area contributed by atoms with E-state index in [0.29, 0.717) is 27.9 Å². The molecule has 7 heteroatoms. The van der Waals surface area contributed by atoms with Crippen molar-refractivity contribution in [2.24, 2.45) is 7.05 Å². The van der Waals surface area contributed by atoms with Gasteiger partial charge in [-0.25, -0.2) is 0 Å². The van der Waals surface area contributed by atoms with Gasteiger partial charge in [0.1, 0.15) is 0 Å². The Labute approximate surface area is 133 Å². The Bertz CT molecular complexity index is 647. The van der Waals surface area contributed by atoms with Crippen molar-refractivity contribution in [3.8, 4) is 5.75 Å². The van der Waals surface area contributed by atoms with Crippen molar-refractivity contribution >= 4 is 29.1 Å². The van der Waals surface area contributed by atoms with Gasteiger partial charge in [-0.15, -0.1) is 0 Å². The highest BCUT2D eigenvalue weighted by Gasteiger charge is 2.17. The van der Waals surface area contributed by atoms with Crippen molar-refractivity contribution in [2.45, 2.75) is 6.54 Å². The molecule has 0 radical (unpaired) electrons. The number of aromatic nitrogens is 2. The predicted molar refractivity (Wildman–Crippen MR) is 82.0 cm³/mol. The molecule has 0 saturated carbocycles. The fourth-order valence-electron chi connectivity index (χ4n) is 2.00. The zero-order valence-corrected chi connectivity index (χ0v) is 13.4. The van der Waals surface area contributed by atoms with Gasteiger partial charge in [0.25, 0.3) is 5.91 Å². The molecule has 1 aromatic carbocycles. The standard InChI is InChI=1S/C14H15Cl2N3O2/c1-18(7-9-6-17-19(2)8-9)14(20)10-4-11(15)13(21-3)12(16)5-10/h4-6,8H,7H2,1-3H3. The normalized spacial score (nSPS) is 10.5. The lowest BCUT2D eigenvalue weighted by molar-refractivity contribution is 0.0785. The highest BCUT2D eigenvalue weighted by molar-refractivity contribution is 6.37. The molecule has 0 aliphatic carbocycles. The molecule has 0 bridgehead atoms. The van der Waals surface area contributed by atoms with Gasteiger partial charge in [-0.1, -0.05) is 23.2 Å². The molecule has 0 saturated heterocycles. The molecule has 0 fully saturated rings. The Morgan fingerprint density at radius 2 is 2.00 bits per heavy atom. The number of ether oxygens (including phenoxy) is 1. The summed E-state index contributed by atoms with van der Waals surface area (Å²) in [6.07, 6.45) is 3.58. The molecule has 1 amide bonds. The number of hydrogen-bond acceptors (Lipinski definition) is 3. The minimum absolute atomic E-state index is 0.176. The molecule has 0 unspecified atom stereocenters. The molecule has 112 valence electrons. The Balaban J connectivity index is 2.19. The van der Waals surface area contributed by atoms with Crippen LogP contribution in [0.3, 0.4) is 0 Å². The smallest absolute Gasteiger partial charge is 0.254 e. The van der Waals surface area contributed by atoms with Crippen LogP contribution in [0.4, 0.5) is 0 Å². The predicted octanol–water partition coefficient (Wildman–Crippen LogP) is 3.01. The lowest BCUT2D eigenvalue weighted by Gasteiger charge is -2.17. The van der Waals surface area contributed by atoms with E-state index < -0.39 is 0 Å². The first-order valence-electron chi connectivity index (χ1n) is 6.18. The summed E-state index contributed by atoms with van der Waals surface area (Å²) in [5, 5.41) is 4.69. The third-order valence-electron chi connectivity index (χ3n) is 2.97. The summed E-state index contributed by atoms with van der Waals surface area (Å²) in [5.41, 5.74) is 1.36. The third-order valence-corrected chi connectivity index (χ3v) is 3.54. The second-order valence-corrected chi connectivity index (χ2v) is 5.47. The molecular formula is C14H15Cl2N3O2. The van der Waals surface area contributed by atoms with Gasteiger partial charge in [-0.2, -0.15) is 5.10 Å². The molecule has 0 atom stereocenters. The third kappa shape index (κ3) is 3.49. The first-order valence-corrected chi connectivity index (χ1v) is 6.94. The fourth-order valence-corrected chi connectivity index (χ4v) is 2.64. The Hall–Kier alpha value is -1.72. The Kier molecular flexibility index (Phi) is 4.75. The minimum atomic E-state index is -0.176. The summed E-state index contributed by atoms with van der Waals surface area (Å²) in [6.45, 7) is 0.452. The molecule has 1 aromatic heterocycles. The van der Waals surface area contributed by atoms with Crippen LogP contribution in [-0.4, -0.2) is 34.7 Å². The molecule has 0 N–H and O–H groups in total. The van der Waals surface area contributed by atoms with Crippen LogP contribution in [-0.2, 0) is 13.6 Å². The van der Waals surface area contributed by atoms with Gasteiger partial charge >= 0.3 is 0 Å². The summed E-state index contributed by atoms with van der Waals surface area (Å²) in [7, 11) is 5.01. The number of rotatable bonds is 4. The van der Waals surface area contributed by atoms with Gasteiger partial charge < -0.3 is 9.64 Å². The maximum absolute atomic E-state index is 12.4. The maximum Gasteiger partial charge on any atom is 0.254 e. The van der Waals surface area contributed by atoms with E-state index in [1.165, 1.54) is 7.11 Å².